The summed E-state index contributed by atoms with van der Waals surface area (Å²) < 4.78 is 0. The average Bonchev–Trinajstić information content (AvgIpc) is 2.85. The highest BCUT2D eigenvalue weighted by Gasteiger charge is 2.24. The molecule has 6 heteroatoms. The maximum Gasteiger partial charge on any atom is 0.315 e. The highest BCUT2D eigenvalue weighted by Crippen LogP contribution is 2.23. The van der Waals surface area contributed by atoms with Gasteiger partial charge in [0.05, 0.1) is 11.2 Å². The van der Waals surface area contributed by atoms with Gasteiger partial charge in [0, 0.05) is 36.9 Å². The van der Waals surface area contributed by atoms with E-state index in [9.17, 15) is 9.90 Å². The average molecular weight is 297 g/mol. The second kappa shape index (κ2) is 8.21. The molecule has 0 aromatic carbocycles. The van der Waals surface area contributed by atoms with E-state index in [0.29, 0.717) is 6.54 Å². The van der Waals surface area contributed by atoms with Crippen molar-refractivity contribution in [3.8, 4) is 0 Å². The predicted molar refractivity (Wildman–Crippen MR) is 79.8 cm³/mol. The lowest BCUT2D eigenvalue weighted by molar-refractivity contribution is 0.179. The van der Waals surface area contributed by atoms with Gasteiger partial charge in [0.25, 0.3) is 0 Å². The molecule has 5 nitrogen and oxygen atoms in total. The van der Waals surface area contributed by atoms with Crippen LogP contribution in [0.5, 0.6) is 0 Å². The van der Waals surface area contributed by atoms with E-state index >= 15 is 0 Å². The third-order valence-corrected chi connectivity index (χ3v) is 4.50. The Kier molecular flexibility index (Phi) is 6.26. The number of hydrogen-bond donors (Lipinski definition) is 3. The molecule has 1 aliphatic carbocycles. The normalized spacial score (nSPS) is 23.1. The van der Waals surface area contributed by atoms with Crippen molar-refractivity contribution in [2.24, 2.45) is 5.92 Å². The largest absolute Gasteiger partial charge is 0.396 e. The standard InChI is InChI=1S/C14H23N3O2S/c18-8-11-4-2-1-3-5-13(11)17-14(19)15-7-6-12-9-20-10-16-12/h9-11,13,18H,1-8H2,(H2,15,17,19). The molecule has 1 aliphatic rings. The second-order valence-corrected chi connectivity index (χ2v) is 6.04. The Labute approximate surface area is 123 Å². The molecule has 112 valence electrons. The monoisotopic (exact) mass is 297 g/mol. The van der Waals surface area contributed by atoms with E-state index in [-0.39, 0.29) is 24.6 Å². The van der Waals surface area contributed by atoms with E-state index in [1.807, 2.05) is 5.38 Å². The van der Waals surface area contributed by atoms with Crippen LogP contribution in [0.2, 0.25) is 0 Å². The number of carbonyl (C=O) groups is 1. The number of nitrogens with one attached hydrogen (secondary N) is 2. The lowest BCUT2D eigenvalue weighted by Crippen LogP contribution is -2.46. The van der Waals surface area contributed by atoms with Crippen LogP contribution in [-0.4, -0.2) is 35.3 Å². The highest BCUT2D eigenvalue weighted by atomic mass is 32.1. The Morgan fingerprint density at radius 2 is 2.25 bits per heavy atom. The molecule has 2 amide bonds. The SMILES string of the molecule is O=C(NCCc1cscn1)NC1CCCCCC1CO. The van der Waals surface area contributed by atoms with Crippen molar-refractivity contribution in [2.75, 3.05) is 13.2 Å². The number of hydrogen-bond acceptors (Lipinski definition) is 4. The number of thiazole rings is 1. The van der Waals surface area contributed by atoms with Crippen LogP contribution in [0.1, 0.15) is 37.8 Å². The van der Waals surface area contributed by atoms with Gasteiger partial charge in [0.2, 0.25) is 0 Å². The van der Waals surface area contributed by atoms with Crippen LogP contribution < -0.4 is 10.6 Å². The van der Waals surface area contributed by atoms with Crippen molar-refractivity contribution in [1.82, 2.24) is 15.6 Å². The van der Waals surface area contributed by atoms with E-state index < -0.39 is 0 Å². The van der Waals surface area contributed by atoms with E-state index in [0.717, 1.165) is 37.8 Å². The molecular weight excluding hydrogens is 274 g/mol. The van der Waals surface area contributed by atoms with E-state index in [2.05, 4.69) is 15.6 Å². The zero-order chi connectivity index (χ0) is 14.2. The smallest absolute Gasteiger partial charge is 0.315 e. The molecule has 0 spiro atoms. The minimum absolute atomic E-state index is 0.0989. The summed E-state index contributed by atoms with van der Waals surface area (Å²) in [4.78, 5) is 16.1. The number of aliphatic hydroxyl groups is 1. The fourth-order valence-corrected chi connectivity index (χ4v) is 3.27. The van der Waals surface area contributed by atoms with Gasteiger partial charge in [-0.3, -0.25) is 0 Å². The fourth-order valence-electron chi connectivity index (χ4n) is 2.68. The summed E-state index contributed by atoms with van der Waals surface area (Å²) in [6.07, 6.45) is 6.19. The van der Waals surface area contributed by atoms with Crippen LogP contribution in [0, 0.1) is 5.92 Å². The second-order valence-electron chi connectivity index (χ2n) is 5.32. The van der Waals surface area contributed by atoms with Crippen LogP contribution >= 0.6 is 11.3 Å². The van der Waals surface area contributed by atoms with Crippen LogP contribution in [-0.2, 0) is 6.42 Å². The van der Waals surface area contributed by atoms with Gasteiger partial charge in [-0.2, -0.15) is 0 Å². The maximum absolute atomic E-state index is 11.9. The number of urea groups is 1. The molecule has 2 rings (SSSR count). The lowest BCUT2D eigenvalue weighted by Gasteiger charge is -2.24. The molecule has 2 unspecified atom stereocenters. The molecule has 0 saturated heterocycles. The van der Waals surface area contributed by atoms with Crippen molar-refractivity contribution in [1.29, 1.82) is 0 Å². The van der Waals surface area contributed by atoms with Crippen LogP contribution in [0.15, 0.2) is 10.9 Å². The number of aromatic nitrogens is 1. The van der Waals surface area contributed by atoms with Crippen molar-refractivity contribution in [3.05, 3.63) is 16.6 Å². The van der Waals surface area contributed by atoms with Gasteiger partial charge in [0.1, 0.15) is 0 Å². The number of nitrogens with zero attached hydrogens (tertiary/aromatic N) is 1. The molecule has 20 heavy (non-hydrogen) atoms. The minimum atomic E-state index is -0.134. The van der Waals surface area contributed by atoms with E-state index in [1.54, 1.807) is 16.8 Å². The first-order chi connectivity index (χ1) is 9.79. The summed E-state index contributed by atoms with van der Waals surface area (Å²) in [5, 5.41) is 17.3. The molecule has 1 aromatic rings. The maximum atomic E-state index is 11.9. The summed E-state index contributed by atoms with van der Waals surface area (Å²) in [5.41, 5.74) is 2.81. The Morgan fingerprint density at radius 1 is 1.40 bits per heavy atom. The van der Waals surface area contributed by atoms with Crippen LogP contribution in [0.25, 0.3) is 0 Å². The van der Waals surface area contributed by atoms with Gasteiger partial charge in [0.15, 0.2) is 0 Å². The Bertz CT molecular complexity index is 397. The number of aliphatic hydroxyl groups excluding tert-OH is 1. The fraction of sp³-hybridized carbons (Fsp3) is 0.714. The highest BCUT2D eigenvalue weighted by molar-refractivity contribution is 7.07. The van der Waals surface area contributed by atoms with Gasteiger partial charge < -0.3 is 15.7 Å². The quantitative estimate of drug-likeness (QED) is 0.727. The zero-order valence-corrected chi connectivity index (χ0v) is 12.5. The predicted octanol–water partition coefficient (Wildman–Crippen LogP) is 1.93. The third kappa shape index (κ3) is 4.76. The van der Waals surface area contributed by atoms with E-state index in [1.165, 1.54) is 6.42 Å². The van der Waals surface area contributed by atoms with Crippen molar-refractivity contribution in [3.63, 3.8) is 0 Å². The molecular formula is C14H23N3O2S. The Balaban J connectivity index is 1.71. The molecule has 0 aliphatic heterocycles. The summed E-state index contributed by atoms with van der Waals surface area (Å²) in [5.74, 6) is 0.196. The molecule has 1 saturated carbocycles. The zero-order valence-electron chi connectivity index (χ0n) is 11.7. The van der Waals surface area contributed by atoms with Gasteiger partial charge in [-0.1, -0.05) is 19.3 Å². The molecule has 3 N–H and O–H groups in total. The molecule has 1 heterocycles. The topological polar surface area (TPSA) is 74.2 Å². The van der Waals surface area contributed by atoms with Gasteiger partial charge >= 0.3 is 6.03 Å². The lowest BCUT2D eigenvalue weighted by atomic mass is 9.96. The van der Waals surface area contributed by atoms with E-state index in [4.69, 9.17) is 0 Å². The van der Waals surface area contributed by atoms with Crippen molar-refractivity contribution in [2.45, 2.75) is 44.6 Å². The molecule has 0 bridgehead atoms. The Hall–Kier alpha value is -1.14. The van der Waals surface area contributed by atoms with Gasteiger partial charge in [-0.15, -0.1) is 11.3 Å². The molecule has 1 fully saturated rings. The molecule has 0 radical (unpaired) electrons. The van der Waals surface area contributed by atoms with Gasteiger partial charge in [-0.25, -0.2) is 9.78 Å². The number of rotatable bonds is 5. The number of amides is 2. The van der Waals surface area contributed by atoms with Crippen LogP contribution in [0.4, 0.5) is 4.79 Å². The Morgan fingerprint density at radius 3 is 3.00 bits per heavy atom. The first kappa shape index (κ1) is 15.3. The minimum Gasteiger partial charge on any atom is -0.396 e. The molecule has 1 aromatic heterocycles. The summed E-state index contributed by atoms with van der Waals surface area (Å²) in [6.45, 7) is 0.746. The van der Waals surface area contributed by atoms with Crippen molar-refractivity contribution < 1.29 is 9.90 Å². The number of carbonyl (C=O) groups excluding carboxylic acids is 1. The molecule has 2 atom stereocenters. The van der Waals surface area contributed by atoms with Crippen molar-refractivity contribution >= 4 is 17.4 Å². The summed E-state index contributed by atoms with van der Waals surface area (Å²) in [6, 6.07) is -0.0349. The van der Waals surface area contributed by atoms with Gasteiger partial charge in [-0.05, 0) is 12.8 Å². The summed E-state index contributed by atoms with van der Waals surface area (Å²) in [7, 11) is 0. The first-order valence-corrected chi connectivity index (χ1v) is 8.26. The third-order valence-electron chi connectivity index (χ3n) is 3.86. The summed E-state index contributed by atoms with van der Waals surface area (Å²) >= 11 is 1.57. The first-order valence-electron chi connectivity index (χ1n) is 7.32. The van der Waals surface area contributed by atoms with Crippen LogP contribution in [0.3, 0.4) is 0 Å².